The van der Waals surface area contributed by atoms with Crippen molar-refractivity contribution in [3.05, 3.63) is 95.7 Å². The molecule has 1 amide bonds. The normalized spacial score (nSPS) is 10.5. The molecule has 7 nitrogen and oxygen atoms in total. The van der Waals surface area contributed by atoms with Crippen LogP contribution in [0.2, 0.25) is 0 Å². The van der Waals surface area contributed by atoms with E-state index >= 15 is 0 Å². The van der Waals surface area contributed by atoms with Crippen LogP contribution < -0.4 is 16.0 Å². The minimum absolute atomic E-state index is 0.256. The van der Waals surface area contributed by atoms with Crippen LogP contribution in [0.3, 0.4) is 0 Å². The van der Waals surface area contributed by atoms with Gasteiger partial charge in [-0.15, -0.1) is 0 Å². The molecule has 2 heterocycles. The van der Waals surface area contributed by atoms with Crippen LogP contribution in [0.1, 0.15) is 21.7 Å². The largest absolute Gasteiger partial charge is 0.340 e. The Hall–Kier alpha value is -4.33. The number of amides is 1. The van der Waals surface area contributed by atoms with E-state index in [9.17, 15) is 9.18 Å². The summed E-state index contributed by atoms with van der Waals surface area (Å²) >= 11 is 0. The molecular weight excluding hydrogens is 407 g/mol. The van der Waals surface area contributed by atoms with Gasteiger partial charge in [-0.2, -0.15) is 0 Å². The number of nitrogens with zero attached hydrogens (tertiary/aromatic N) is 3. The number of benzene rings is 2. The average Bonchev–Trinajstić information content (AvgIpc) is 2.75. The van der Waals surface area contributed by atoms with E-state index in [1.165, 1.54) is 18.2 Å². The summed E-state index contributed by atoms with van der Waals surface area (Å²) in [6, 6.07) is 18.3. The number of rotatable bonds is 6. The van der Waals surface area contributed by atoms with Gasteiger partial charge < -0.3 is 16.0 Å². The lowest BCUT2D eigenvalue weighted by Gasteiger charge is -2.11. The van der Waals surface area contributed by atoms with Crippen LogP contribution in [0.15, 0.2) is 72.9 Å². The minimum Gasteiger partial charge on any atom is -0.340 e. The van der Waals surface area contributed by atoms with Gasteiger partial charge in [-0.25, -0.2) is 19.3 Å². The second-order valence-electron chi connectivity index (χ2n) is 7.20. The van der Waals surface area contributed by atoms with Gasteiger partial charge in [0.25, 0.3) is 5.91 Å². The number of aryl methyl sites for hydroxylation is 2. The molecule has 2 aromatic heterocycles. The third kappa shape index (κ3) is 5.42. The monoisotopic (exact) mass is 428 g/mol. The summed E-state index contributed by atoms with van der Waals surface area (Å²) < 4.78 is 13.3. The number of nitrogens with one attached hydrogen (secondary N) is 3. The third-order valence-electron chi connectivity index (χ3n) is 4.51. The highest BCUT2D eigenvalue weighted by atomic mass is 19.1. The van der Waals surface area contributed by atoms with Gasteiger partial charge in [0, 0.05) is 29.2 Å². The molecule has 0 aliphatic heterocycles. The molecule has 0 saturated heterocycles. The molecule has 4 rings (SSSR count). The van der Waals surface area contributed by atoms with Crippen LogP contribution in [0.25, 0.3) is 0 Å². The zero-order chi connectivity index (χ0) is 22.5. The summed E-state index contributed by atoms with van der Waals surface area (Å²) in [4.78, 5) is 25.4. The number of halogens is 1. The summed E-state index contributed by atoms with van der Waals surface area (Å²) in [5.41, 5.74) is 2.73. The zero-order valence-electron chi connectivity index (χ0n) is 17.6. The summed E-state index contributed by atoms with van der Waals surface area (Å²) in [7, 11) is 0. The van der Waals surface area contributed by atoms with Crippen molar-refractivity contribution in [1.82, 2.24) is 15.0 Å². The fraction of sp³-hybridized carbons (Fsp3) is 0.0833. The SMILES string of the molecule is Cc1ccnc(Nc2cc(Nc3ccc(NC(=O)c4cccc(F)c4)cc3)nc(C)n2)c1. The first kappa shape index (κ1) is 20.9. The van der Waals surface area contributed by atoms with Crippen molar-refractivity contribution < 1.29 is 9.18 Å². The fourth-order valence-corrected chi connectivity index (χ4v) is 3.05. The standard InChI is InChI=1S/C24H21FN6O/c1-15-10-11-26-21(12-15)31-23-14-22(27-16(2)28-23)29-19-6-8-20(9-7-19)30-24(32)17-4-3-5-18(25)13-17/h3-14H,1-2H3,(H,30,32)(H2,26,27,28,29,31). The van der Waals surface area contributed by atoms with Gasteiger partial charge in [0.15, 0.2) is 0 Å². The second kappa shape index (κ2) is 9.22. The third-order valence-corrected chi connectivity index (χ3v) is 4.51. The van der Waals surface area contributed by atoms with Crippen LogP contribution in [0.4, 0.5) is 33.2 Å². The molecule has 2 aromatic carbocycles. The molecule has 0 saturated carbocycles. The van der Waals surface area contributed by atoms with Gasteiger partial charge in [-0.05, 0) is 74.0 Å². The summed E-state index contributed by atoms with van der Waals surface area (Å²) in [5, 5.41) is 9.16. The summed E-state index contributed by atoms with van der Waals surface area (Å²) in [5.74, 6) is 1.71. The Bertz CT molecular complexity index is 1260. The van der Waals surface area contributed by atoms with E-state index in [0.717, 1.165) is 11.3 Å². The van der Waals surface area contributed by atoms with E-state index in [4.69, 9.17) is 0 Å². The molecular formula is C24H21FN6O. The van der Waals surface area contributed by atoms with Crippen LogP contribution >= 0.6 is 0 Å². The summed E-state index contributed by atoms with van der Waals surface area (Å²) in [6.07, 6.45) is 1.74. The highest BCUT2D eigenvalue weighted by Gasteiger charge is 2.08. The first-order valence-corrected chi connectivity index (χ1v) is 9.94. The van der Waals surface area contributed by atoms with Crippen LogP contribution in [-0.4, -0.2) is 20.9 Å². The van der Waals surface area contributed by atoms with Crippen molar-refractivity contribution in [2.45, 2.75) is 13.8 Å². The van der Waals surface area contributed by atoms with Gasteiger partial charge in [0.1, 0.15) is 29.1 Å². The molecule has 32 heavy (non-hydrogen) atoms. The van der Waals surface area contributed by atoms with Crippen LogP contribution in [0.5, 0.6) is 0 Å². The Balaban J connectivity index is 1.44. The van der Waals surface area contributed by atoms with Crippen molar-refractivity contribution in [2.75, 3.05) is 16.0 Å². The van der Waals surface area contributed by atoms with E-state index in [2.05, 4.69) is 30.9 Å². The highest BCUT2D eigenvalue weighted by Crippen LogP contribution is 2.21. The Morgan fingerprint density at radius 2 is 1.53 bits per heavy atom. The first-order valence-electron chi connectivity index (χ1n) is 9.94. The van der Waals surface area contributed by atoms with Gasteiger partial charge in [0.2, 0.25) is 0 Å². The quantitative estimate of drug-likeness (QED) is 0.383. The molecule has 0 radical (unpaired) electrons. The minimum atomic E-state index is -0.454. The van der Waals surface area contributed by atoms with Gasteiger partial charge in [-0.3, -0.25) is 4.79 Å². The number of pyridine rings is 1. The van der Waals surface area contributed by atoms with Crippen molar-refractivity contribution in [2.24, 2.45) is 0 Å². The maximum Gasteiger partial charge on any atom is 0.255 e. The van der Waals surface area contributed by atoms with Gasteiger partial charge in [-0.1, -0.05) is 6.07 Å². The number of hydrogen-bond acceptors (Lipinski definition) is 6. The molecule has 0 aliphatic carbocycles. The summed E-state index contributed by atoms with van der Waals surface area (Å²) in [6.45, 7) is 3.81. The molecule has 0 spiro atoms. The molecule has 0 atom stereocenters. The molecule has 0 aliphatic rings. The number of carbonyl (C=O) groups excluding carboxylic acids is 1. The van der Waals surface area contributed by atoms with E-state index in [1.807, 2.05) is 38.1 Å². The van der Waals surface area contributed by atoms with E-state index in [0.29, 0.717) is 29.0 Å². The molecule has 0 unspecified atom stereocenters. The Morgan fingerprint density at radius 3 is 2.25 bits per heavy atom. The number of carbonyl (C=O) groups is 1. The number of hydrogen-bond donors (Lipinski definition) is 3. The van der Waals surface area contributed by atoms with E-state index < -0.39 is 5.82 Å². The lowest BCUT2D eigenvalue weighted by molar-refractivity contribution is 0.102. The lowest BCUT2D eigenvalue weighted by atomic mass is 10.2. The molecule has 0 fully saturated rings. The first-order chi connectivity index (χ1) is 15.4. The average molecular weight is 428 g/mol. The number of aromatic nitrogens is 3. The van der Waals surface area contributed by atoms with Crippen molar-refractivity contribution >= 4 is 34.7 Å². The predicted molar refractivity (Wildman–Crippen MR) is 123 cm³/mol. The smallest absolute Gasteiger partial charge is 0.255 e. The number of anilines is 5. The molecule has 8 heteroatoms. The van der Waals surface area contributed by atoms with Gasteiger partial charge >= 0.3 is 0 Å². The zero-order valence-corrected chi connectivity index (χ0v) is 17.6. The maximum absolute atomic E-state index is 13.3. The Kier molecular flexibility index (Phi) is 6.03. The lowest BCUT2D eigenvalue weighted by Crippen LogP contribution is -2.12. The maximum atomic E-state index is 13.3. The van der Waals surface area contributed by atoms with Crippen LogP contribution in [0, 0.1) is 19.7 Å². The van der Waals surface area contributed by atoms with Crippen molar-refractivity contribution in [3.63, 3.8) is 0 Å². The molecule has 160 valence electrons. The van der Waals surface area contributed by atoms with E-state index in [1.54, 1.807) is 30.5 Å². The molecule has 3 N–H and O–H groups in total. The Morgan fingerprint density at radius 1 is 0.812 bits per heavy atom. The van der Waals surface area contributed by atoms with Gasteiger partial charge in [0.05, 0.1) is 0 Å². The van der Waals surface area contributed by atoms with Crippen molar-refractivity contribution in [1.29, 1.82) is 0 Å². The molecule has 0 bridgehead atoms. The Labute approximate surface area is 184 Å². The molecule has 4 aromatic rings. The van der Waals surface area contributed by atoms with E-state index in [-0.39, 0.29) is 11.5 Å². The van der Waals surface area contributed by atoms with Crippen molar-refractivity contribution in [3.8, 4) is 0 Å². The predicted octanol–water partition coefficient (Wildman–Crippen LogP) is 5.37. The van der Waals surface area contributed by atoms with Crippen LogP contribution in [-0.2, 0) is 0 Å². The topological polar surface area (TPSA) is 91.8 Å². The highest BCUT2D eigenvalue weighted by molar-refractivity contribution is 6.04. The second-order valence-corrected chi connectivity index (χ2v) is 7.20. The fourth-order valence-electron chi connectivity index (χ4n) is 3.05.